The fourth-order valence-corrected chi connectivity index (χ4v) is 1.75. The van der Waals surface area contributed by atoms with E-state index >= 15 is 0 Å². The molecular formula is C15H15N3O2. The number of benzene rings is 1. The zero-order valence-electron chi connectivity index (χ0n) is 11.6. The molecule has 0 bridgehead atoms. The molecule has 0 radical (unpaired) electrons. The molecule has 5 nitrogen and oxygen atoms in total. The van der Waals surface area contributed by atoms with Crippen LogP contribution in [0.3, 0.4) is 0 Å². The lowest BCUT2D eigenvalue weighted by Crippen LogP contribution is -2.15. The van der Waals surface area contributed by atoms with Crippen molar-refractivity contribution in [3.8, 4) is 6.07 Å². The summed E-state index contributed by atoms with van der Waals surface area (Å²) in [5.41, 5.74) is 1.42. The Labute approximate surface area is 117 Å². The predicted molar refractivity (Wildman–Crippen MR) is 74.3 cm³/mol. The SMILES string of the molecule is Cc1oncc1C(=O)Nc1ccc(C(C)(C)C#N)cc1. The maximum atomic E-state index is 12.0. The van der Waals surface area contributed by atoms with Gasteiger partial charge in [0.1, 0.15) is 11.3 Å². The van der Waals surface area contributed by atoms with Crippen molar-refractivity contribution < 1.29 is 9.32 Å². The van der Waals surface area contributed by atoms with E-state index in [1.54, 1.807) is 19.1 Å². The van der Waals surface area contributed by atoms with Crippen molar-refractivity contribution >= 4 is 11.6 Å². The third-order valence-electron chi connectivity index (χ3n) is 3.14. The van der Waals surface area contributed by atoms with Gasteiger partial charge < -0.3 is 9.84 Å². The average Bonchev–Trinajstić information content (AvgIpc) is 2.85. The highest BCUT2D eigenvalue weighted by Crippen LogP contribution is 2.23. The maximum Gasteiger partial charge on any atom is 0.260 e. The third kappa shape index (κ3) is 2.69. The smallest absolute Gasteiger partial charge is 0.260 e. The van der Waals surface area contributed by atoms with Crippen LogP contribution < -0.4 is 5.32 Å². The first-order chi connectivity index (χ1) is 9.44. The summed E-state index contributed by atoms with van der Waals surface area (Å²) in [5.74, 6) is 0.209. The van der Waals surface area contributed by atoms with Crippen molar-refractivity contribution in [1.29, 1.82) is 5.26 Å². The molecule has 0 aliphatic heterocycles. The van der Waals surface area contributed by atoms with Crippen LogP contribution in [0.25, 0.3) is 0 Å². The van der Waals surface area contributed by atoms with Gasteiger partial charge in [-0.1, -0.05) is 17.3 Å². The van der Waals surface area contributed by atoms with Crippen LogP contribution in [-0.4, -0.2) is 11.1 Å². The van der Waals surface area contributed by atoms with E-state index in [-0.39, 0.29) is 5.91 Å². The fourth-order valence-electron chi connectivity index (χ4n) is 1.75. The van der Waals surface area contributed by atoms with Crippen LogP contribution in [0.15, 0.2) is 35.0 Å². The second kappa shape index (κ2) is 5.17. The molecule has 1 N–H and O–H groups in total. The van der Waals surface area contributed by atoms with E-state index in [9.17, 15) is 4.79 Å². The third-order valence-corrected chi connectivity index (χ3v) is 3.14. The van der Waals surface area contributed by atoms with Gasteiger partial charge in [-0.3, -0.25) is 4.79 Å². The number of aromatic nitrogens is 1. The van der Waals surface area contributed by atoms with Crippen LogP contribution in [0.2, 0.25) is 0 Å². The van der Waals surface area contributed by atoms with E-state index in [1.807, 2.05) is 26.0 Å². The molecule has 5 heteroatoms. The molecule has 0 spiro atoms. The van der Waals surface area contributed by atoms with Crippen molar-refractivity contribution in [3.63, 3.8) is 0 Å². The van der Waals surface area contributed by atoms with Gasteiger partial charge in [-0.25, -0.2) is 0 Å². The van der Waals surface area contributed by atoms with Crippen LogP contribution in [0.4, 0.5) is 5.69 Å². The molecule has 1 aromatic carbocycles. The number of nitrogens with zero attached hydrogens (tertiary/aromatic N) is 2. The van der Waals surface area contributed by atoms with E-state index in [0.717, 1.165) is 5.56 Å². The van der Waals surface area contributed by atoms with Gasteiger partial charge in [0.05, 0.1) is 17.7 Å². The van der Waals surface area contributed by atoms with Crippen LogP contribution >= 0.6 is 0 Å². The Balaban J connectivity index is 2.15. The lowest BCUT2D eigenvalue weighted by molar-refractivity contribution is 0.102. The van der Waals surface area contributed by atoms with E-state index in [2.05, 4.69) is 16.5 Å². The summed E-state index contributed by atoms with van der Waals surface area (Å²) < 4.78 is 4.85. The van der Waals surface area contributed by atoms with E-state index < -0.39 is 5.41 Å². The second-order valence-electron chi connectivity index (χ2n) is 5.06. The standard InChI is InChI=1S/C15H15N3O2/c1-10-13(8-17-20-10)14(19)18-12-6-4-11(5-7-12)15(2,3)9-16/h4-8H,1-3H3,(H,18,19). The Bertz CT molecular complexity index is 663. The Kier molecular flexibility index (Phi) is 3.57. The molecule has 0 atom stereocenters. The van der Waals surface area contributed by atoms with Gasteiger partial charge in [0, 0.05) is 5.69 Å². The number of carbonyl (C=O) groups excluding carboxylic acids is 1. The molecule has 2 rings (SSSR count). The molecule has 0 saturated heterocycles. The molecule has 20 heavy (non-hydrogen) atoms. The van der Waals surface area contributed by atoms with Gasteiger partial charge in [-0.2, -0.15) is 5.26 Å². The first-order valence-electron chi connectivity index (χ1n) is 6.18. The minimum absolute atomic E-state index is 0.268. The highest BCUT2D eigenvalue weighted by molar-refractivity contribution is 6.04. The number of carbonyl (C=O) groups is 1. The van der Waals surface area contributed by atoms with Gasteiger partial charge in [0.2, 0.25) is 0 Å². The van der Waals surface area contributed by atoms with E-state index in [0.29, 0.717) is 17.0 Å². The Morgan fingerprint density at radius 1 is 1.35 bits per heavy atom. The number of nitriles is 1. The first-order valence-corrected chi connectivity index (χ1v) is 6.18. The monoisotopic (exact) mass is 269 g/mol. The number of hydrogen-bond acceptors (Lipinski definition) is 4. The topological polar surface area (TPSA) is 78.9 Å². The number of rotatable bonds is 3. The molecule has 1 amide bonds. The van der Waals surface area contributed by atoms with Crippen LogP contribution in [-0.2, 0) is 5.41 Å². The minimum Gasteiger partial charge on any atom is -0.361 e. The number of hydrogen-bond donors (Lipinski definition) is 1. The molecule has 1 heterocycles. The summed E-state index contributed by atoms with van der Waals surface area (Å²) in [6, 6.07) is 9.45. The van der Waals surface area contributed by atoms with Crippen molar-refractivity contribution in [2.24, 2.45) is 0 Å². The highest BCUT2D eigenvalue weighted by Gasteiger charge is 2.19. The quantitative estimate of drug-likeness (QED) is 0.928. The van der Waals surface area contributed by atoms with Gasteiger partial charge in [-0.05, 0) is 38.5 Å². The van der Waals surface area contributed by atoms with Crippen LogP contribution in [0.1, 0.15) is 35.5 Å². The van der Waals surface area contributed by atoms with Crippen LogP contribution in [0.5, 0.6) is 0 Å². The number of amides is 1. The van der Waals surface area contributed by atoms with Crippen LogP contribution in [0, 0.1) is 18.3 Å². The summed E-state index contributed by atoms with van der Waals surface area (Å²) in [4.78, 5) is 12.0. The molecule has 0 fully saturated rings. The Morgan fingerprint density at radius 3 is 2.50 bits per heavy atom. The minimum atomic E-state index is -0.548. The molecule has 1 aromatic heterocycles. The maximum absolute atomic E-state index is 12.0. The van der Waals surface area contributed by atoms with Crippen molar-refractivity contribution in [3.05, 3.63) is 47.3 Å². The van der Waals surface area contributed by atoms with Crippen molar-refractivity contribution in [2.45, 2.75) is 26.2 Å². The lowest BCUT2D eigenvalue weighted by atomic mass is 9.86. The lowest BCUT2D eigenvalue weighted by Gasteiger charge is -2.16. The molecule has 0 unspecified atom stereocenters. The number of nitrogens with one attached hydrogen (secondary N) is 1. The molecule has 0 aliphatic carbocycles. The van der Waals surface area contributed by atoms with Crippen molar-refractivity contribution in [2.75, 3.05) is 5.32 Å². The number of aryl methyl sites for hydroxylation is 1. The number of anilines is 1. The van der Waals surface area contributed by atoms with Crippen molar-refractivity contribution in [1.82, 2.24) is 5.16 Å². The van der Waals surface area contributed by atoms with E-state index in [4.69, 9.17) is 9.78 Å². The normalized spacial score (nSPS) is 10.9. The van der Waals surface area contributed by atoms with Gasteiger partial charge in [0.15, 0.2) is 0 Å². The first kappa shape index (κ1) is 13.8. The van der Waals surface area contributed by atoms with Gasteiger partial charge in [-0.15, -0.1) is 0 Å². The summed E-state index contributed by atoms with van der Waals surface area (Å²) in [6.07, 6.45) is 1.39. The molecule has 2 aromatic rings. The molecule has 0 saturated carbocycles. The molecular weight excluding hydrogens is 254 g/mol. The van der Waals surface area contributed by atoms with Gasteiger partial charge in [0.25, 0.3) is 5.91 Å². The summed E-state index contributed by atoms with van der Waals surface area (Å²) in [7, 11) is 0. The largest absolute Gasteiger partial charge is 0.361 e. The molecule has 102 valence electrons. The second-order valence-corrected chi connectivity index (χ2v) is 5.06. The van der Waals surface area contributed by atoms with E-state index in [1.165, 1.54) is 6.20 Å². The zero-order chi connectivity index (χ0) is 14.8. The summed E-state index contributed by atoms with van der Waals surface area (Å²) >= 11 is 0. The summed E-state index contributed by atoms with van der Waals surface area (Å²) in [6.45, 7) is 5.38. The zero-order valence-corrected chi connectivity index (χ0v) is 11.6. The Morgan fingerprint density at radius 2 is 2.00 bits per heavy atom. The van der Waals surface area contributed by atoms with Gasteiger partial charge >= 0.3 is 0 Å². The average molecular weight is 269 g/mol. The predicted octanol–water partition coefficient (Wildman–Crippen LogP) is 3.04. The Hall–Kier alpha value is -2.61. The summed E-state index contributed by atoms with van der Waals surface area (Å²) in [5, 5.41) is 15.4. The molecule has 0 aliphatic rings. The highest BCUT2D eigenvalue weighted by atomic mass is 16.5. The fraction of sp³-hybridized carbons (Fsp3) is 0.267.